The Kier molecular flexibility index (Phi) is 3.99. The van der Waals surface area contributed by atoms with Gasteiger partial charge in [-0.1, -0.05) is 13.8 Å². The van der Waals surface area contributed by atoms with Crippen molar-refractivity contribution in [2.45, 2.75) is 62.4 Å². The molecule has 1 aliphatic carbocycles. The van der Waals surface area contributed by atoms with Gasteiger partial charge in [-0.05, 0) is 42.0 Å². The first kappa shape index (κ1) is 14.5. The topological polar surface area (TPSA) is 73.5 Å². The molecule has 1 fully saturated rings. The molecule has 0 atom stereocenters. The van der Waals surface area contributed by atoms with Crippen LogP contribution in [0.25, 0.3) is 0 Å². The summed E-state index contributed by atoms with van der Waals surface area (Å²) in [4.78, 5) is 0. The summed E-state index contributed by atoms with van der Waals surface area (Å²) < 4.78 is 3.86. The molecule has 1 saturated carbocycles. The molecule has 0 spiro atoms. The molecule has 2 heterocycles. The Morgan fingerprint density at radius 3 is 2.81 bits per heavy atom. The van der Waals surface area contributed by atoms with Gasteiger partial charge in [-0.15, -0.1) is 5.10 Å². The zero-order valence-electron chi connectivity index (χ0n) is 12.9. The molecule has 0 bridgehead atoms. The average molecular weight is 307 g/mol. The molecular formula is C13H21N7S. The molecule has 2 aromatic rings. The van der Waals surface area contributed by atoms with Crippen molar-refractivity contribution in [2.75, 3.05) is 0 Å². The lowest BCUT2D eigenvalue weighted by Crippen LogP contribution is -2.22. The molecule has 3 rings (SSSR count). The standard InChI is InChI=1S/C13H21N7S/c1-8(2)14-7-11-9(3)16-19(4)12(11)21-13-15-17-18-20(13)10-5-6-10/h8,10,14H,5-7H2,1-4H3. The second kappa shape index (κ2) is 5.76. The van der Waals surface area contributed by atoms with E-state index in [0.717, 1.165) is 22.4 Å². The average Bonchev–Trinajstić information content (AvgIpc) is 3.10. The van der Waals surface area contributed by atoms with E-state index in [-0.39, 0.29) is 0 Å². The molecule has 0 amide bonds. The highest BCUT2D eigenvalue weighted by molar-refractivity contribution is 7.99. The Labute approximate surface area is 128 Å². The largest absolute Gasteiger partial charge is 0.310 e. The molecule has 8 heteroatoms. The summed E-state index contributed by atoms with van der Waals surface area (Å²) >= 11 is 1.60. The van der Waals surface area contributed by atoms with Gasteiger partial charge in [0.25, 0.3) is 0 Å². The van der Waals surface area contributed by atoms with Gasteiger partial charge in [0.15, 0.2) is 0 Å². The Morgan fingerprint density at radius 2 is 2.14 bits per heavy atom. The van der Waals surface area contributed by atoms with E-state index >= 15 is 0 Å². The first-order chi connectivity index (χ1) is 10.1. The van der Waals surface area contributed by atoms with E-state index in [9.17, 15) is 0 Å². The Balaban J connectivity index is 1.85. The van der Waals surface area contributed by atoms with Crippen LogP contribution in [0, 0.1) is 6.92 Å². The summed E-state index contributed by atoms with van der Waals surface area (Å²) in [5.74, 6) is 0. The SMILES string of the molecule is Cc1nn(C)c(Sc2nnnn2C2CC2)c1CNC(C)C. The Hall–Kier alpha value is -1.41. The fraction of sp³-hybridized carbons (Fsp3) is 0.692. The Bertz CT molecular complexity index is 626. The molecule has 1 aliphatic rings. The second-order valence-corrected chi connectivity index (χ2v) is 6.72. The number of nitrogens with one attached hydrogen (secondary N) is 1. The fourth-order valence-electron chi connectivity index (χ4n) is 2.21. The number of aromatic nitrogens is 6. The summed E-state index contributed by atoms with van der Waals surface area (Å²) in [6, 6.07) is 0.924. The van der Waals surface area contributed by atoms with Gasteiger partial charge in [-0.25, -0.2) is 4.68 Å². The summed E-state index contributed by atoms with van der Waals surface area (Å²) in [5.41, 5.74) is 2.28. The van der Waals surface area contributed by atoms with Crippen LogP contribution in [-0.2, 0) is 13.6 Å². The van der Waals surface area contributed by atoms with Gasteiger partial charge in [0, 0.05) is 25.2 Å². The fourth-order valence-corrected chi connectivity index (χ4v) is 3.25. The first-order valence-corrected chi connectivity index (χ1v) is 8.09. The van der Waals surface area contributed by atoms with Crippen LogP contribution in [0.3, 0.4) is 0 Å². The van der Waals surface area contributed by atoms with E-state index in [1.54, 1.807) is 11.8 Å². The van der Waals surface area contributed by atoms with Gasteiger partial charge in [0.1, 0.15) is 5.03 Å². The van der Waals surface area contributed by atoms with Gasteiger partial charge in [-0.2, -0.15) is 5.10 Å². The van der Waals surface area contributed by atoms with E-state index in [1.165, 1.54) is 18.4 Å². The quantitative estimate of drug-likeness (QED) is 0.875. The minimum absolute atomic E-state index is 0.444. The van der Waals surface area contributed by atoms with Crippen LogP contribution >= 0.6 is 11.8 Å². The van der Waals surface area contributed by atoms with Crippen molar-refractivity contribution in [3.8, 4) is 0 Å². The van der Waals surface area contributed by atoms with Crippen LogP contribution in [0.4, 0.5) is 0 Å². The van der Waals surface area contributed by atoms with Crippen molar-refractivity contribution in [1.82, 2.24) is 35.3 Å². The highest BCUT2D eigenvalue weighted by atomic mass is 32.2. The zero-order chi connectivity index (χ0) is 15.0. The molecule has 7 nitrogen and oxygen atoms in total. The van der Waals surface area contributed by atoms with Crippen molar-refractivity contribution in [1.29, 1.82) is 0 Å². The molecule has 0 aliphatic heterocycles. The van der Waals surface area contributed by atoms with E-state index in [1.807, 2.05) is 23.3 Å². The molecule has 1 N–H and O–H groups in total. The molecule has 0 radical (unpaired) electrons. The molecule has 21 heavy (non-hydrogen) atoms. The third-order valence-electron chi connectivity index (χ3n) is 3.52. The lowest BCUT2D eigenvalue weighted by atomic mass is 10.2. The van der Waals surface area contributed by atoms with E-state index in [2.05, 4.69) is 39.8 Å². The molecule has 114 valence electrons. The predicted molar refractivity (Wildman–Crippen MR) is 80.1 cm³/mol. The Morgan fingerprint density at radius 1 is 1.38 bits per heavy atom. The van der Waals surface area contributed by atoms with E-state index in [4.69, 9.17) is 0 Å². The highest BCUT2D eigenvalue weighted by Crippen LogP contribution is 2.38. The number of hydrogen-bond acceptors (Lipinski definition) is 6. The molecule has 0 unspecified atom stereocenters. The molecular weight excluding hydrogens is 286 g/mol. The maximum absolute atomic E-state index is 4.54. The van der Waals surface area contributed by atoms with Crippen LogP contribution in [0.2, 0.25) is 0 Å². The van der Waals surface area contributed by atoms with Crippen molar-refractivity contribution >= 4 is 11.8 Å². The van der Waals surface area contributed by atoms with Crippen LogP contribution in [0.15, 0.2) is 10.2 Å². The predicted octanol–water partition coefficient (Wildman–Crippen LogP) is 1.70. The monoisotopic (exact) mass is 307 g/mol. The number of tetrazole rings is 1. The van der Waals surface area contributed by atoms with Crippen molar-refractivity contribution in [3.05, 3.63) is 11.3 Å². The van der Waals surface area contributed by atoms with Crippen LogP contribution in [0.1, 0.15) is 44.0 Å². The molecule has 0 saturated heterocycles. The van der Waals surface area contributed by atoms with Gasteiger partial charge in [-0.3, -0.25) is 4.68 Å². The van der Waals surface area contributed by atoms with Crippen LogP contribution < -0.4 is 5.32 Å². The summed E-state index contributed by atoms with van der Waals surface area (Å²) in [6.45, 7) is 7.15. The van der Waals surface area contributed by atoms with E-state index in [0.29, 0.717) is 12.1 Å². The second-order valence-electron chi connectivity index (χ2n) is 5.77. The summed E-state index contributed by atoms with van der Waals surface area (Å²) in [6.07, 6.45) is 2.34. The number of aryl methyl sites for hydroxylation is 2. The van der Waals surface area contributed by atoms with Gasteiger partial charge < -0.3 is 5.32 Å². The van der Waals surface area contributed by atoms with Crippen LogP contribution in [0.5, 0.6) is 0 Å². The molecule has 0 aromatic carbocycles. The van der Waals surface area contributed by atoms with E-state index < -0.39 is 0 Å². The smallest absolute Gasteiger partial charge is 0.215 e. The van der Waals surface area contributed by atoms with Crippen molar-refractivity contribution < 1.29 is 0 Å². The van der Waals surface area contributed by atoms with Crippen LogP contribution in [-0.4, -0.2) is 36.0 Å². The number of rotatable bonds is 6. The summed E-state index contributed by atoms with van der Waals surface area (Å²) in [5, 5.41) is 22.0. The first-order valence-electron chi connectivity index (χ1n) is 7.28. The van der Waals surface area contributed by atoms with Crippen molar-refractivity contribution in [2.24, 2.45) is 7.05 Å². The molecule has 2 aromatic heterocycles. The third kappa shape index (κ3) is 3.11. The minimum Gasteiger partial charge on any atom is -0.310 e. The third-order valence-corrected chi connectivity index (χ3v) is 4.67. The lowest BCUT2D eigenvalue weighted by Gasteiger charge is -2.10. The highest BCUT2D eigenvalue weighted by Gasteiger charge is 2.29. The number of nitrogens with zero attached hydrogens (tertiary/aromatic N) is 6. The lowest BCUT2D eigenvalue weighted by molar-refractivity contribution is 0.562. The van der Waals surface area contributed by atoms with Gasteiger partial charge in [0.05, 0.1) is 11.7 Å². The minimum atomic E-state index is 0.444. The maximum Gasteiger partial charge on any atom is 0.215 e. The normalized spacial score (nSPS) is 15.1. The zero-order valence-corrected chi connectivity index (χ0v) is 13.7. The van der Waals surface area contributed by atoms with Gasteiger partial charge >= 0.3 is 0 Å². The summed E-state index contributed by atoms with van der Waals surface area (Å²) in [7, 11) is 1.97. The van der Waals surface area contributed by atoms with Crippen molar-refractivity contribution in [3.63, 3.8) is 0 Å². The number of hydrogen-bond donors (Lipinski definition) is 1. The van der Waals surface area contributed by atoms with Gasteiger partial charge in [0.2, 0.25) is 5.16 Å². The maximum atomic E-state index is 4.54.